The van der Waals surface area contributed by atoms with Gasteiger partial charge in [-0.25, -0.2) is 0 Å². The molecule has 13 heavy (non-hydrogen) atoms. The summed E-state index contributed by atoms with van der Waals surface area (Å²) < 4.78 is 0. The van der Waals surface area contributed by atoms with Gasteiger partial charge in [0.2, 0.25) is 0 Å². The van der Waals surface area contributed by atoms with Crippen LogP contribution in [0.15, 0.2) is 22.7 Å². The van der Waals surface area contributed by atoms with Gasteiger partial charge < -0.3 is 10.4 Å². The second-order valence-electron chi connectivity index (χ2n) is 3.16. The van der Waals surface area contributed by atoms with Crippen molar-refractivity contribution < 1.29 is 10.4 Å². The Morgan fingerprint density at radius 1 is 1.62 bits per heavy atom. The molecule has 0 fully saturated rings. The van der Waals surface area contributed by atoms with Gasteiger partial charge in [-0.2, -0.15) is 5.48 Å². The molecule has 0 radical (unpaired) electrons. The average molecular weight is 200 g/mol. The minimum atomic E-state index is -0.750. The van der Waals surface area contributed by atoms with Crippen molar-refractivity contribution in [3.8, 4) is 0 Å². The molecule has 0 aliphatic heterocycles. The Hall–Kier alpha value is -0.910. The fourth-order valence-electron chi connectivity index (χ4n) is 0.949. The highest BCUT2D eigenvalue weighted by molar-refractivity contribution is 7.12. The van der Waals surface area contributed by atoms with E-state index in [1.54, 1.807) is 13.8 Å². The molecule has 0 saturated carbocycles. The summed E-state index contributed by atoms with van der Waals surface area (Å²) in [7, 11) is 0. The van der Waals surface area contributed by atoms with E-state index in [2.05, 4.69) is 10.6 Å². The predicted molar refractivity (Wildman–Crippen MR) is 51.6 cm³/mol. The van der Waals surface area contributed by atoms with Crippen LogP contribution in [0.1, 0.15) is 18.7 Å². The lowest BCUT2D eigenvalue weighted by Gasteiger charge is -2.22. The number of nitrogens with one attached hydrogen (secondary N) is 1. The number of nitrogens with zero attached hydrogens (tertiary/aromatic N) is 1. The van der Waals surface area contributed by atoms with E-state index in [4.69, 9.17) is 10.4 Å². The Morgan fingerprint density at radius 2 is 2.31 bits per heavy atom. The summed E-state index contributed by atoms with van der Waals surface area (Å²) in [6.45, 7) is 3.45. The minimum absolute atomic E-state index is 0.421. The zero-order valence-corrected chi connectivity index (χ0v) is 8.30. The van der Waals surface area contributed by atoms with Crippen molar-refractivity contribution in [2.45, 2.75) is 19.4 Å². The van der Waals surface area contributed by atoms with E-state index in [1.165, 1.54) is 11.3 Å². The zero-order valence-electron chi connectivity index (χ0n) is 7.48. The van der Waals surface area contributed by atoms with Crippen LogP contribution in [0.5, 0.6) is 0 Å². The second kappa shape index (κ2) is 3.87. The van der Waals surface area contributed by atoms with Gasteiger partial charge in [0.25, 0.3) is 0 Å². The summed E-state index contributed by atoms with van der Waals surface area (Å²) in [6, 6.07) is 3.69. The zero-order chi connectivity index (χ0) is 9.90. The maximum absolute atomic E-state index is 8.86. The molecule has 0 spiro atoms. The van der Waals surface area contributed by atoms with Crippen LogP contribution in [0, 0.1) is 0 Å². The molecule has 0 saturated heterocycles. The predicted octanol–water partition coefficient (Wildman–Crippen LogP) is 1.68. The van der Waals surface area contributed by atoms with Gasteiger partial charge in [0, 0.05) is 0 Å². The third-order valence-corrected chi connectivity index (χ3v) is 2.60. The van der Waals surface area contributed by atoms with Crippen molar-refractivity contribution >= 4 is 17.0 Å². The molecule has 5 heteroatoms. The number of hydrogen-bond acceptors (Lipinski definition) is 5. The molecule has 1 aromatic heterocycles. The van der Waals surface area contributed by atoms with E-state index < -0.39 is 5.54 Å². The first kappa shape index (κ1) is 10.2. The summed E-state index contributed by atoms with van der Waals surface area (Å²) in [5.74, 6) is 0. The topological polar surface area (TPSA) is 64.8 Å². The molecule has 0 aliphatic carbocycles. The van der Waals surface area contributed by atoms with Crippen LogP contribution in [0.3, 0.4) is 0 Å². The van der Waals surface area contributed by atoms with Gasteiger partial charge in [-0.05, 0) is 25.3 Å². The molecule has 3 N–H and O–H groups in total. The van der Waals surface area contributed by atoms with Gasteiger partial charge >= 0.3 is 0 Å². The van der Waals surface area contributed by atoms with Crippen LogP contribution in [-0.4, -0.2) is 21.7 Å². The molecule has 4 nitrogen and oxygen atoms in total. The van der Waals surface area contributed by atoms with Crippen molar-refractivity contribution in [3.05, 3.63) is 22.4 Å². The maximum atomic E-state index is 8.86. The van der Waals surface area contributed by atoms with E-state index in [-0.39, 0.29) is 0 Å². The largest absolute Gasteiger partial charge is 0.411 e. The van der Waals surface area contributed by atoms with E-state index in [0.717, 1.165) is 4.88 Å². The summed E-state index contributed by atoms with van der Waals surface area (Å²) >= 11 is 1.46. The normalized spacial score (nSPS) is 13.3. The Bertz CT molecular complexity index is 293. The lowest BCUT2D eigenvalue weighted by atomic mass is 9.98. The van der Waals surface area contributed by atoms with E-state index in [1.807, 2.05) is 17.5 Å². The molecule has 0 amide bonds. The van der Waals surface area contributed by atoms with Crippen molar-refractivity contribution in [1.82, 2.24) is 5.48 Å². The van der Waals surface area contributed by atoms with Crippen molar-refractivity contribution in [2.24, 2.45) is 5.16 Å². The first-order valence-electron chi connectivity index (χ1n) is 3.79. The maximum Gasteiger partial charge on any atom is 0.118 e. The number of oxime groups is 1. The molecule has 0 aromatic carbocycles. The second-order valence-corrected chi connectivity index (χ2v) is 4.11. The highest BCUT2D eigenvalue weighted by Gasteiger charge is 2.26. The third-order valence-electron chi connectivity index (χ3n) is 1.73. The van der Waals surface area contributed by atoms with Crippen LogP contribution >= 0.6 is 11.3 Å². The SMILES string of the molecule is CC(C)(NO)/C(=N\O)c1cccs1. The van der Waals surface area contributed by atoms with Gasteiger partial charge in [-0.3, -0.25) is 0 Å². The van der Waals surface area contributed by atoms with Gasteiger partial charge in [0.1, 0.15) is 5.71 Å². The molecule has 1 heterocycles. The van der Waals surface area contributed by atoms with E-state index in [9.17, 15) is 0 Å². The molecule has 0 aliphatic rings. The van der Waals surface area contributed by atoms with Gasteiger partial charge in [0.15, 0.2) is 0 Å². The fourth-order valence-corrected chi connectivity index (χ4v) is 1.82. The van der Waals surface area contributed by atoms with Gasteiger partial charge in [-0.15, -0.1) is 11.3 Å². The van der Waals surface area contributed by atoms with Crippen LogP contribution < -0.4 is 5.48 Å². The molecule has 0 atom stereocenters. The molecular weight excluding hydrogens is 188 g/mol. The van der Waals surface area contributed by atoms with E-state index >= 15 is 0 Å². The van der Waals surface area contributed by atoms with Crippen LogP contribution in [0.25, 0.3) is 0 Å². The molecule has 0 bridgehead atoms. The van der Waals surface area contributed by atoms with E-state index in [0.29, 0.717) is 5.71 Å². The molecular formula is C8H12N2O2S. The molecule has 1 rings (SSSR count). The number of rotatable bonds is 3. The van der Waals surface area contributed by atoms with Crippen molar-refractivity contribution in [2.75, 3.05) is 0 Å². The van der Waals surface area contributed by atoms with Crippen molar-refractivity contribution in [3.63, 3.8) is 0 Å². The monoisotopic (exact) mass is 200 g/mol. The molecule has 0 unspecified atom stereocenters. The first-order chi connectivity index (χ1) is 6.11. The standard InChI is InChI=1S/C8H12N2O2S/c1-8(2,10-12)7(9-11)6-4-3-5-13-6/h3-5,10-12H,1-2H3/b9-7-. The summed E-state index contributed by atoms with van der Waals surface area (Å²) in [5.41, 5.74) is 1.77. The fraction of sp³-hybridized carbons (Fsp3) is 0.375. The van der Waals surface area contributed by atoms with Crippen LogP contribution in [0.2, 0.25) is 0 Å². The average Bonchev–Trinajstić information content (AvgIpc) is 2.58. The van der Waals surface area contributed by atoms with Crippen molar-refractivity contribution in [1.29, 1.82) is 0 Å². The van der Waals surface area contributed by atoms with Crippen LogP contribution in [0.4, 0.5) is 0 Å². The molecule has 1 aromatic rings. The first-order valence-corrected chi connectivity index (χ1v) is 4.67. The third kappa shape index (κ3) is 2.06. The highest BCUT2D eigenvalue weighted by atomic mass is 32.1. The Kier molecular flexibility index (Phi) is 3.02. The Labute approximate surface area is 80.5 Å². The number of thiophene rings is 1. The lowest BCUT2D eigenvalue weighted by molar-refractivity contribution is 0.114. The lowest BCUT2D eigenvalue weighted by Crippen LogP contribution is -2.45. The quantitative estimate of drug-likeness (QED) is 0.395. The van der Waals surface area contributed by atoms with Crippen LogP contribution in [-0.2, 0) is 0 Å². The highest BCUT2D eigenvalue weighted by Crippen LogP contribution is 2.17. The summed E-state index contributed by atoms with van der Waals surface area (Å²) in [4.78, 5) is 0.828. The Balaban J connectivity index is 3.01. The smallest absolute Gasteiger partial charge is 0.118 e. The summed E-state index contributed by atoms with van der Waals surface area (Å²) in [6.07, 6.45) is 0. The number of hydrogen-bond donors (Lipinski definition) is 3. The van der Waals surface area contributed by atoms with Gasteiger partial charge in [-0.1, -0.05) is 11.2 Å². The van der Waals surface area contributed by atoms with Gasteiger partial charge in [0.05, 0.1) is 10.4 Å². The molecule has 72 valence electrons. The summed E-state index contributed by atoms with van der Waals surface area (Å²) in [5, 5.41) is 22.7. The Morgan fingerprint density at radius 3 is 2.69 bits per heavy atom. The minimum Gasteiger partial charge on any atom is -0.411 e. The number of hydroxylamine groups is 1.